The average Bonchev–Trinajstić information content (AvgIpc) is 2.60. The second-order valence-corrected chi connectivity index (χ2v) is 5.08. The molecule has 2 aromatic rings. The van der Waals surface area contributed by atoms with Crippen LogP contribution in [0.4, 0.5) is 5.69 Å². The minimum absolute atomic E-state index is 0.243. The Bertz CT molecular complexity index is 698. The number of methoxy groups -OCH3 is 2. The van der Waals surface area contributed by atoms with Crippen molar-refractivity contribution in [3.05, 3.63) is 54.1 Å². The van der Waals surface area contributed by atoms with Crippen LogP contribution in [0.25, 0.3) is 0 Å². The van der Waals surface area contributed by atoms with E-state index in [1.807, 2.05) is 24.3 Å². The Morgan fingerprint density at radius 1 is 0.917 bits per heavy atom. The summed E-state index contributed by atoms with van der Waals surface area (Å²) < 4.78 is 10.2. The quantitative estimate of drug-likeness (QED) is 0.765. The SMILES string of the molecule is COc1ccc(CNC(=O)CC(=O)Nc2cccc(OC)c2)cc1. The van der Waals surface area contributed by atoms with Crippen molar-refractivity contribution in [2.75, 3.05) is 19.5 Å². The summed E-state index contributed by atoms with van der Waals surface area (Å²) in [6.45, 7) is 0.356. The minimum Gasteiger partial charge on any atom is -0.497 e. The van der Waals surface area contributed by atoms with Gasteiger partial charge in [0.05, 0.1) is 14.2 Å². The smallest absolute Gasteiger partial charge is 0.233 e. The molecule has 24 heavy (non-hydrogen) atoms. The van der Waals surface area contributed by atoms with Crippen LogP contribution in [-0.4, -0.2) is 26.0 Å². The zero-order valence-electron chi connectivity index (χ0n) is 13.7. The first-order valence-electron chi connectivity index (χ1n) is 7.44. The number of hydrogen-bond acceptors (Lipinski definition) is 4. The van der Waals surface area contributed by atoms with Gasteiger partial charge in [-0.15, -0.1) is 0 Å². The molecule has 0 spiro atoms. The first-order valence-corrected chi connectivity index (χ1v) is 7.44. The zero-order chi connectivity index (χ0) is 17.4. The van der Waals surface area contributed by atoms with Crippen molar-refractivity contribution in [2.45, 2.75) is 13.0 Å². The van der Waals surface area contributed by atoms with Crippen LogP contribution in [0.5, 0.6) is 11.5 Å². The van der Waals surface area contributed by atoms with Crippen molar-refractivity contribution in [1.29, 1.82) is 0 Å². The third-order valence-corrected chi connectivity index (χ3v) is 3.32. The first kappa shape index (κ1) is 17.3. The van der Waals surface area contributed by atoms with E-state index < -0.39 is 0 Å². The molecule has 0 atom stereocenters. The second kappa shape index (κ2) is 8.57. The van der Waals surface area contributed by atoms with Crippen LogP contribution >= 0.6 is 0 Å². The molecule has 2 amide bonds. The number of ether oxygens (including phenoxy) is 2. The maximum absolute atomic E-state index is 11.9. The number of amides is 2. The molecule has 0 saturated carbocycles. The number of hydrogen-bond donors (Lipinski definition) is 2. The molecular formula is C18H20N2O4. The second-order valence-electron chi connectivity index (χ2n) is 5.08. The van der Waals surface area contributed by atoms with Gasteiger partial charge in [0.15, 0.2) is 0 Å². The third-order valence-electron chi connectivity index (χ3n) is 3.32. The highest BCUT2D eigenvalue weighted by Crippen LogP contribution is 2.16. The Labute approximate surface area is 140 Å². The van der Waals surface area contributed by atoms with Crippen molar-refractivity contribution in [1.82, 2.24) is 5.32 Å². The Morgan fingerprint density at radius 3 is 2.29 bits per heavy atom. The molecule has 0 radical (unpaired) electrons. The topological polar surface area (TPSA) is 76.7 Å². The molecule has 0 fully saturated rings. The molecule has 6 heteroatoms. The fraction of sp³-hybridized carbons (Fsp3) is 0.222. The average molecular weight is 328 g/mol. The van der Waals surface area contributed by atoms with Crippen molar-refractivity contribution in [3.8, 4) is 11.5 Å². The number of nitrogens with one attached hydrogen (secondary N) is 2. The van der Waals surface area contributed by atoms with Gasteiger partial charge in [-0.25, -0.2) is 0 Å². The van der Waals surface area contributed by atoms with E-state index in [1.165, 1.54) is 0 Å². The highest BCUT2D eigenvalue weighted by molar-refractivity contribution is 6.03. The Kier molecular flexibility index (Phi) is 6.19. The van der Waals surface area contributed by atoms with Gasteiger partial charge in [0, 0.05) is 18.3 Å². The highest BCUT2D eigenvalue weighted by atomic mass is 16.5. The van der Waals surface area contributed by atoms with Gasteiger partial charge < -0.3 is 20.1 Å². The monoisotopic (exact) mass is 328 g/mol. The fourth-order valence-electron chi connectivity index (χ4n) is 2.06. The molecule has 0 bridgehead atoms. The molecule has 0 aromatic heterocycles. The Balaban J connectivity index is 1.79. The van der Waals surface area contributed by atoms with E-state index in [2.05, 4.69) is 10.6 Å². The molecule has 0 aliphatic rings. The van der Waals surface area contributed by atoms with Crippen LogP contribution in [0.15, 0.2) is 48.5 Å². The van der Waals surface area contributed by atoms with Gasteiger partial charge in [-0.1, -0.05) is 18.2 Å². The van der Waals surface area contributed by atoms with Gasteiger partial charge in [0.1, 0.15) is 17.9 Å². The summed E-state index contributed by atoms with van der Waals surface area (Å²) in [5.74, 6) is 0.668. The van der Waals surface area contributed by atoms with E-state index in [1.54, 1.807) is 38.5 Å². The summed E-state index contributed by atoms with van der Waals surface area (Å²) in [6.07, 6.45) is -0.243. The molecule has 6 nitrogen and oxygen atoms in total. The number of carbonyl (C=O) groups is 2. The van der Waals surface area contributed by atoms with E-state index in [9.17, 15) is 9.59 Å². The summed E-state index contributed by atoms with van der Waals surface area (Å²) in [6, 6.07) is 14.3. The van der Waals surface area contributed by atoms with Crippen molar-refractivity contribution in [3.63, 3.8) is 0 Å². The largest absolute Gasteiger partial charge is 0.497 e. The van der Waals surface area contributed by atoms with Gasteiger partial charge in [0.25, 0.3) is 0 Å². The van der Waals surface area contributed by atoms with Crippen LogP contribution in [0.3, 0.4) is 0 Å². The van der Waals surface area contributed by atoms with E-state index >= 15 is 0 Å². The van der Waals surface area contributed by atoms with Crippen molar-refractivity contribution >= 4 is 17.5 Å². The summed E-state index contributed by atoms with van der Waals surface area (Å²) >= 11 is 0. The molecule has 0 saturated heterocycles. The molecule has 0 aliphatic carbocycles. The van der Waals surface area contributed by atoms with Gasteiger partial charge in [-0.05, 0) is 29.8 Å². The predicted molar refractivity (Wildman–Crippen MR) is 91.1 cm³/mol. The third kappa shape index (κ3) is 5.31. The number of benzene rings is 2. The molecule has 2 rings (SSSR count). The molecule has 2 N–H and O–H groups in total. The minimum atomic E-state index is -0.379. The van der Waals surface area contributed by atoms with E-state index in [0.717, 1.165) is 11.3 Å². The molecule has 0 aliphatic heterocycles. The predicted octanol–water partition coefficient (Wildman–Crippen LogP) is 2.35. The summed E-state index contributed by atoms with van der Waals surface area (Å²) in [5, 5.41) is 5.37. The number of anilines is 1. The van der Waals surface area contributed by atoms with Crippen LogP contribution in [0.2, 0.25) is 0 Å². The van der Waals surface area contributed by atoms with Gasteiger partial charge in [-0.2, -0.15) is 0 Å². The molecule has 2 aromatic carbocycles. The lowest BCUT2D eigenvalue weighted by molar-refractivity contribution is -0.126. The fourth-order valence-corrected chi connectivity index (χ4v) is 2.06. The van der Waals surface area contributed by atoms with Gasteiger partial charge >= 0.3 is 0 Å². The summed E-state index contributed by atoms with van der Waals surface area (Å²) in [7, 11) is 3.14. The van der Waals surface area contributed by atoms with Crippen LogP contribution < -0.4 is 20.1 Å². The van der Waals surface area contributed by atoms with Gasteiger partial charge in [0.2, 0.25) is 11.8 Å². The summed E-state index contributed by atoms with van der Waals surface area (Å²) in [5.41, 5.74) is 1.51. The Morgan fingerprint density at radius 2 is 1.62 bits per heavy atom. The number of carbonyl (C=O) groups excluding carboxylic acids is 2. The van der Waals surface area contributed by atoms with Crippen LogP contribution in [-0.2, 0) is 16.1 Å². The lowest BCUT2D eigenvalue weighted by Crippen LogP contribution is -2.27. The normalized spacial score (nSPS) is 9.92. The number of rotatable bonds is 7. The van der Waals surface area contributed by atoms with Crippen LogP contribution in [0.1, 0.15) is 12.0 Å². The lowest BCUT2D eigenvalue weighted by atomic mass is 10.2. The van der Waals surface area contributed by atoms with Gasteiger partial charge in [-0.3, -0.25) is 9.59 Å². The van der Waals surface area contributed by atoms with Crippen molar-refractivity contribution in [2.24, 2.45) is 0 Å². The zero-order valence-corrected chi connectivity index (χ0v) is 13.7. The molecular weight excluding hydrogens is 308 g/mol. The van der Waals surface area contributed by atoms with E-state index in [-0.39, 0.29) is 18.2 Å². The maximum atomic E-state index is 11.9. The first-order chi connectivity index (χ1) is 11.6. The Hall–Kier alpha value is -3.02. The molecule has 126 valence electrons. The van der Waals surface area contributed by atoms with Crippen LogP contribution in [0, 0.1) is 0 Å². The standard InChI is InChI=1S/C18H20N2O4/c1-23-15-8-6-13(7-9-15)12-19-17(21)11-18(22)20-14-4-3-5-16(10-14)24-2/h3-10H,11-12H2,1-2H3,(H,19,21)(H,20,22). The maximum Gasteiger partial charge on any atom is 0.233 e. The molecule has 0 heterocycles. The van der Waals surface area contributed by atoms with E-state index in [4.69, 9.17) is 9.47 Å². The highest BCUT2D eigenvalue weighted by Gasteiger charge is 2.10. The molecule has 0 unspecified atom stereocenters. The van der Waals surface area contributed by atoms with E-state index in [0.29, 0.717) is 18.0 Å². The summed E-state index contributed by atoms with van der Waals surface area (Å²) in [4.78, 5) is 23.7. The lowest BCUT2D eigenvalue weighted by Gasteiger charge is -2.08. The van der Waals surface area contributed by atoms with Crippen molar-refractivity contribution < 1.29 is 19.1 Å².